The van der Waals surface area contributed by atoms with Crippen LogP contribution in [0, 0.1) is 0 Å². The van der Waals surface area contributed by atoms with E-state index in [1.165, 1.54) is 6.07 Å². The van der Waals surface area contributed by atoms with Crippen LogP contribution in [0.4, 0.5) is 13.2 Å². The first-order valence-corrected chi connectivity index (χ1v) is 4.08. The summed E-state index contributed by atoms with van der Waals surface area (Å²) >= 11 is 0. The predicted molar refractivity (Wildman–Crippen MR) is 44.9 cm³/mol. The second-order valence-electron chi connectivity index (χ2n) is 2.95. The van der Waals surface area contributed by atoms with Gasteiger partial charge in [0, 0.05) is 0 Å². The van der Waals surface area contributed by atoms with Crippen molar-refractivity contribution in [1.29, 1.82) is 0 Å². The summed E-state index contributed by atoms with van der Waals surface area (Å²) < 4.78 is 41.8. The third kappa shape index (κ3) is 1.80. The summed E-state index contributed by atoms with van der Waals surface area (Å²) in [5.74, 6) is 0.00400. The first-order valence-electron chi connectivity index (χ1n) is 4.08. The minimum absolute atomic E-state index is 0.00400. The van der Waals surface area contributed by atoms with Crippen molar-refractivity contribution in [3.63, 3.8) is 0 Å². The lowest BCUT2D eigenvalue weighted by atomic mass is 10.2. The molecule has 1 N–H and O–H groups in total. The number of aromatic nitrogens is 1. The van der Waals surface area contributed by atoms with E-state index in [2.05, 4.69) is 4.98 Å². The molecule has 2 aromatic rings. The number of hydrogen-bond donors (Lipinski definition) is 1. The van der Waals surface area contributed by atoms with E-state index in [-0.39, 0.29) is 11.5 Å². The maximum absolute atomic E-state index is 12.3. The van der Waals surface area contributed by atoms with Gasteiger partial charge < -0.3 is 9.52 Å². The third-order valence-electron chi connectivity index (χ3n) is 1.90. The fourth-order valence-electron chi connectivity index (χ4n) is 1.22. The fourth-order valence-corrected chi connectivity index (χ4v) is 1.22. The number of nitrogens with zero attached hydrogens (tertiary/aromatic N) is 1. The molecule has 0 saturated carbocycles. The molecule has 0 unspecified atom stereocenters. The molecule has 1 heterocycles. The summed E-state index contributed by atoms with van der Waals surface area (Å²) in [5, 5.41) is 8.69. The van der Waals surface area contributed by atoms with E-state index in [1.54, 1.807) is 0 Å². The van der Waals surface area contributed by atoms with E-state index in [0.29, 0.717) is 5.52 Å². The van der Waals surface area contributed by atoms with Crippen molar-refractivity contribution in [3.8, 4) is 0 Å². The zero-order valence-electron chi connectivity index (χ0n) is 7.38. The predicted octanol–water partition coefficient (Wildman–Crippen LogP) is 2.34. The van der Waals surface area contributed by atoms with Crippen LogP contribution in [0.1, 0.15) is 11.5 Å². The van der Waals surface area contributed by atoms with E-state index in [9.17, 15) is 13.2 Å². The van der Waals surface area contributed by atoms with Crippen molar-refractivity contribution in [2.75, 3.05) is 0 Å². The third-order valence-corrected chi connectivity index (χ3v) is 1.90. The van der Waals surface area contributed by atoms with Crippen LogP contribution >= 0.6 is 0 Å². The molecule has 3 nitrogen and oxygen atoms in total. The quantitative estimate of drug-likeness (QED) is 0.797. The average Bonchev–Trinajstić information content (AvgIpc) is 2.57. The highest BCUT2D eigenvalue weighted by molar-refractivity contribution is 5.73. The minimum atomic E-state index is -4.40. The van der Waals surface area contributed by atoms with Gasteiger partial charge in [0.25, 0.3) is 0 Å². The van der Waals surface area contributed by atoms with Crippen molar-refractivity contribution in [1.82, 2.24) is 4.98 Å². The number of hydrogen-bond acceptors (Lipinski definition) is 3. The van der Waals surface area contributed by atoms with E-state index in [0.717, 1.165) is 12.1 Å². The second kappa shape index (κ2) is 3.23. The number of fused-ring (bicyclic) bond motifs is 1. The number of alkyl halides is 3. The molecule has 80 valence electrons. The maximum Gasteiger partial charge on any atom is 0.416 e. The summed E-state index contributed by atoms with van der Waals surface area (Å²) in [6.45, 7) is -0.434. The molecule has 0 saturated heterocycles. The van der Waals surface area contributed by atoms with Gasteiger partial charge in [0.05, 0.1) is 5.56 Å². The summed E-state index contributed by atoms with van der Waals surface area (Å²) in [6.07, 6.45) is -4.40. The van der Waals surface area contributed by atoms with Crippen LogP contribution in [-0.4, -0.2) is 10.1 Å². The normalized spacial score (nSPS) is 12.3. The molecule has 0 fully saturated rings. The van der Waals surface area contributed by atoms with Gasteiger partial charge in [0.1, 0.15) is 12.1 Å². The van der Waals surface area contributed by atoms with Crippen LogP contribution in [0.25, 0.3) is 11.1 Å². The number of benzene rings is 1. The van der Waals surface area contributed by atoms with Crippen LogP contribution in [0.2, 0.25) is 0 Å². The second-order valence-corrected chi connectivity index (χ2v) is 2.95. The van der Waals surface area contributed by atoms with Gasteiger partial charge in [-0.3, -0.25) is 0 Å². The lowest BCUT2D eigenvalue weighted by Crippen LogP contribution is -2.03. The summed E-state index contributed by atoms with van der Waals surface area (Å²) in [4.78, 5) is 3.77. The van der Waals surface area contributed by atoms with Crippen LogP contribution in [0.15, 0.2) is 22.6 Å². The smallest absolute Gasteiger partial charge is 0.416 e. The minimum Gasteiger partial charge on any atom is -0.438 e. The Morgan fingerprint density at radius 3 is 2.67 bits per heavy atom. The lowest BCUT2D eigenvalue weighted by Gasteiger charge is -2.04. The molecular formula is C9H6F3NO2. The van der Waals surface area contributed by atoms with Crippen molar-refractivity contribution in [3.05, 3.63) is 29.7 Å². The van der Waals surface area contributed by atoms with E-state index in [1.807, 2.05) is 0 Å². The van der Waals surface area contributed by atoms with Gasteiger partial charge in [-0.05, 0) is 18.2 Å². The van der Waals surface area contributed by atoms with Crippen LogP contribution < -0.4 is 0 Å². The Bertz CT molecular complexity index is 490. The van der Waals surface area contributed by atoms with E-state index >= 15 is 0 Å². The Morgan fingerprint density at radius 1 is 1.33 bits per heavy atom. The van der Waals surface area contributed by atoms with Gasteiger partial charge >= 0.3 is 6.18 Å². The van der Waals surface area contributed by atoms with Crippen molar-refractivity contribution in [2.24, 2.45) is 0 Å². The number of rotatable bonds is 1. The number of aliphatic hydroxyl groups excluding tert-OH is 1. The molecule has 1 aromatic heterocycles. The molecule has 0 bridgehead atoms. The molecule has 0 amide bonds. The average molecular weight is 217 g/mol. The molecule has 0 atom stereocenters. The van der Waals surface area contributed by atoms with E-state index in [4.69, 9.17) is 9.52 Å². The highest BCUT2D eigenvalue weighted by Crippen LogP contribution is 2.31. The summed E-state index contributed by atoms with van der Waals surface area (Å²) in [7, 11) is 0. The zero-order valence-corrected chi connectivity index (χ0v) is 7.38. The molecule has 0 aliphatic carbocycles. The maximum atomic E-state index is 12.3. The molecule has 6 heteroatoms. The highest BCUT2D eigenvalue weighted by Gasteiger charge is 2.31. The van der Waals surface area contributed by atoms with Crippen LogP contribution in [-0.2, 0) is 12.8 Å². The molecular weight excluding hydrogens is 211 g/mol. The summed E-state index contributed by atoms with van der Waals surface area (Å²) in [6, 6.07) is 2.99. The van der Waals surface area contributed by atoms with Crippen LogP contribution in [0.5, 0.6) is 0 Å². The van der Waals surface area contributed by atoms with Gasteiger partial charge in [-0.25, -0.2) is 4.98 Å². The molecule has 0 spiro atoms. The number of oxazole rings is 1. The molecule has 1 aromatic carbocycles. The van der Waals surface area contributed by atoms with Gasteiger partial charge in [0.15, 0.2) is 5.58 Å². The lowest BCUT2D eigenvalue weighted by molar-refractivity contribution is -0.137. The van der Waals surface area contributed by atoms with Crippen LogP contribution in [0.3, 0.4) is 0 Å². The van der Waals surface area contributed by atoms with Gasteiger partial charge in [-0.15, -0.1) is 0 Å². The molecule has 0 radical (unpaired) electrons. The Balaban J connectivity index is 2.55. The fraction of sp³-hybridized carbons (Fsp3) is 0.222. The van der Waals surface area contributed by atoms with Crippen molar-refractivity contribution in [2.45, 2.75) is 12.8 Å². The summed E-state index contributed by atoms with van der Waals surface area (Å²) in [5.41, 5.74) is -0.475. The van der Waals surface area contributed by atoms with Crippen molar-refractivity contribution < 1.29 is 22.7 Å². The van der Waals surface area contributed by atoms with Gasteiger partial charge in [0.2, 0.25) is 5.89 Å². The number of aliphatic hydroxyl groups is 1. The Labute approximate surface area is 82.1 Å². The monoisotopic (exact) mass is 217 g/mol. The SMILES string of the molecule is OCc1nc2ccc(C(F)(F)F)cc2o1. The Morgan fingerprint density at radius 2 is 2.07 bits per heavy atom. The highest BCUT2D eigenvalue weighted by atomic mass is 19.4. The number of halogens is 3. The first-order chi connectivity index (χ1) is 7.00. The van der Waals surface area contributed by atoms with Gasteiger partial charge in [-0.2, -0.15) is 13.2 Å². The standard InChI is InChI=1S/C9H6F3NO2/c10-9(11,12)5-1-2-6-7(3-5)15-8(4-14)13-6/h1-3,14H,4H2. The first kappa shape index (κ1) is 9.97. The largest absolute Gasteiger partial charge is 0.438 e. The van der Waals surface area contributed by atoms with E-state index < -0.39 is 18.3 Å². The molecule has 0 aliphatic heterocycles. The topological polar surface area (TPSA) is 46.3 Å². The molecule has 2 rings (SSSR count). The van der Waals surface area contributed by atoms with Crippen molar-refractivity contribution >= 4 is 11.1 Å². The molecule has 0 aliphatic rings. The zero-order chi connectivity index (χ0) is 11.1. The Hall–Kier alpha value is -1.56. The van der Waals surface area contributed by atoms with Gasteiger partial charge in [-0.1, -0.05) is 0 Å². The molecule has 15 heavy (non-hydrogen) atoms. The Kier molecular flexibility index (Phi) is 2.15.